The number of aromatic carboxylic acids is 1. The summed E-state index contributed by atoms with van der Waals surface area (Å²) in [4.78, 5) is 30.0. The van der Waals surface area contributed by atoms with E-state index < -0.39 is 5.97 Å². The van der Waals surface area contributed by atoms with Crippen LogP contribution in [-0.2, 0) is 13.1 Å². The number of carboxylic acid groups (broad SMARTS) is 1. The van der Waals surface area contributed by atoms with Gasteiger partial charge >= 0.3 is 12.0 Å². The minimum absolute atomic E-state index is 0.108. The van der Waals surface area contributed by atoms with Crippen molar-refractivity contribution in [3.63, 3.8) is 0 Å². The number of hydrogen-bond acceptors (Lipinski definition) is 4. The second-order valence-corrected chi connectivity index (χ2v) is 7.60. The average Bonchev–Trinajstić information content (AvgIpc) is 3.03. The van der Waals surface area contributed by atoms with Crippen LogP contribution in [0.5, 0.6) is 5.75 Å². The number of benzene rings is 2. The standard InChI is InChI=1S/C22H25N3O4/c1-29-20-8-4-17(5-9-20)13-24-15-19-14-23(10-11-25(19)22(24)28)12-16-2-6-18(7-3-16)21(26)27/h2-9,19H,10-15H2,1H3,(H,26,27)/t19-/m1/s1. The van der Waals surface area contributed by atoms with Crippen molar-refractivity contribution in [1.29, 1.82) is 0 Å². The largest absolute Gasteiger partial charge is 0.497 e. The van der Waals surface area contributed by atoms with E-state index >= 15 is 0 Å². The lowest BCUT2D eigenvalue weighted by molar-refractivity contribution is 0.0697. The Hall–Kier alpha value is -3.06. The molecule has 0 bridgehead atoms. The first-order chi connectivity index (χ1) is 14.0. The Morgan fingerprint density at radius 3 is 2.31 bits per heavy atom. The normalized spacial score (nSPS) is 19.3. The molecule has 152 valence electrons. The molecule has 0 aliphatic carbocycles. The van der Waals surface area contributed by atoms with Crippen molar-refractivity contribution in [1.82, 2.24) is 14.7 Å². The SMILES string of the molecule is COc1ccc(CN2C[C@H]3CN(Cc4ccc(C(=O)O)cc4)CCN3C2=O)cc1. The zero-order valence-corrected chi connectivity index (χ0v) is 16.5. The Labute approximate surface area is 170 Å². The maximum absolute atomic E-state index is 12.8. The van der Waals surface area contributed by atoms with Gasteiger partial charge in [0.05, 0.1) is 18.7 Å². The molecule has 2 aliphatic rings. The van der Waals surface area contributed by atoms with E-state index in [0.29, 0.717) is 12.1 Å². The van der Waals surface area contributed by atoms with Crippen LogP contribution in [0, 0.1) is 0 Å². The van der Waals surface area contributed by atoms with Crippen LogP contribution in [0.4, 0.5) is 4.79 Å². The summed E-state index contributed by atoms with van der Waals surface area (Å²) >= 11 is 0. The molecule has 2 aliphatic heterocycles. The number of carbonyl (C=O) groups excluding carboxylic acids is 1. The predicted molar refractivity (Wildman–Crippen MR) is 108 cm³/mol. The molecular formula is C22H25N3O4. The fraction of sp³-hybridized carbons (Fsp3) is 0.364. The van der Waals surface area contributed by atoms with Crippen LogP contribution in [0.2, 0.25) is 0 Å². The Morgan fingerprint density at radius 2 is 1.66 bits per heavy atom. The maximum Gasteiger partial charge on any atom is 0.335 e. The van der Waals surface area contributed by atoms with E-state index in [-0.39, 0.29) is 12.1 Å². The Balaban J connectivity index is 1.35. The van der Waals surface area contributed by atoms with Crippen LogP contribution in [0.1, 0.15) is 21.5 Å². The Kier molecular flexibility index (Phi) is 5.40. The number of fused-ring (bicyclic) bond motifs is 1. The van der Waals surface area contributed by atoms with Crippen LogP contribution in [0.15, 0.2) is 48.5 Å². The molecule has 1 atom stereocenters. The molecule has 2 saturated heterocycles. The van der Waals surface area contributed by atoms with Crippen LogP contribution in [-0.4, -0.2) is 71.1 Å². The number of urea groups is 1. The number of methoxy groups -OCH3 is 1. The summed E-state index contributed by atoms with van der Waals surface area (Å²) in [7, 11) is 1.64. The number of nitrogens with zero attached hydrogens (tertiary/aromatic N) is 3. The zero-order chi connectivity index (χ0) is 20.4. The summed E-state index contributed by atoms with van der Waals surface area (Å²) in [5.74, 6) is -0.0995. The average molecular weight is 395 g/mol. The van der Waals surface area contributed by atoms with E-state index in [1.165, 1.54) is 0 Å². The minimum Gasteiger partial charge on any atom is -0.497 e. The molecule has 2 aromatic carbocycles. The number of ether oxygens (including phenoxy) is 1. The summed E-state index contributed by atoms with van der Waals surface area (Å²) in [5, 5.41) is 9.02. The van der Waals surface area contributed by atoms with E-state index in [9.17, 15) is 9.59 Å². The molecule has 0 saturated carbocycles. The van der Waals surface area contributed by atoms with Crippen molar-refractivity contribution < 1.29 is 19.4 Å². The molecule has 0 radical (unpaired) electrons. The first kappa shape index (κ1) is 19.3. The molecule has 0 unspecified atom stereocenters. The van der Waals surface area contributed by atoms with Crippen molar-refractivity contribution in [2.45, 2.75) is 19.1 Å². The lowest BCUT2D eigenvalue weighted by Crippen LogP contribution is -2.51. The fourth-order valence-corrected chi connectivity index (χ4v) is 4.08. The topological polar surface area (TPSA) is 73.3 Å². The van der Waals surface area contributed by atoms with Gasteiger partial charge in [0.2, 0.25) is 0 Å². The van der Waals surface area contributed by atoms with Crippen LogP contribution in [0.25, 0.3) is 0 Å². The molecule has 0 spiro atoms. The van der Waals surface area contributed by atoms with E-state index in [4.69, 9.17) is 9.84 Å². The van der Waals surface area contributed by atoms with Crippen molar-refractivity contribution in [3.8, 4) is 5.75 Å². The lowest BCUT2D eigenvalue weighted by atomic mass is 10.1. The minimum atomic E-state index is -0.911. The number of amides is 2. The van der Waals surface area contributed by atoms with Crippen molar-refractivity contribution in [3.05, 3.63) is 65.2 Å². The summed E-state index contributed by atoms with van der Waals surface area (Å²) in [5.41, 5.74) is 2.48. The van der Waals surface area contributed by atoms with Gasteiger partial charge in [-0.1, -0.05) is 24.3 Å². The molecule has 2 fully saturated rings. The van der Waals surface area contributed by atoms with Gasteiger partial charge in [-0.3, -0.25) is 4.90 Å². The van der Waals surface area contributed by atoms with Gasteiger partial charge in [0, 0.05) is 39.3 Å². The van der Waals surface area contributed by atoms with Gasteiger partial charge in [0.25, 0.3) is 0 Å². The molecule has 2 aromatic rings. The number of carbonyl (C=O) groups is 2. The smallest absolute Gasteiger partial charge is 0.335 e. The molecule has 29 heavy (non-hydrogen) atoms. The molecule has 1 N–H and O–H groups in total. The third-order valence-corrected chi connectivity index (χ3v) is 5.65. The molecule has 2 heterocycles. The quantitative estimate of drug-likeness (QED) is 0.814. The van der Waals surface area contributed by atoms with Gasteiger partial charge in [-0.25, -0.2) is 9.59 Å². The second-order valence-electron chi connectivity index (χ2n) is 7.60. The fourth-order valence-electron chi connectivity index (χ4n) is 4.08. The van der Waals surface area contributed by atoms with E-state index in [2.05, 4.69) is 4.90 Å². The van der Waals surface area contributed by atoms with Gasteiger partial charge in [0.1, 0.15) is 5.75 Å². The zero-order valence-electron chi connectivity index (χ0n) is 16.5. The summed E-state index contributed by atoms with van der Waals surface area (Å²) in [6, 6.07) is 15.1. The monoisotopic (exact) mass is 395 g/mol. The molecule has 7 heteroatoms. The van der Waals surface area contributed by atoms with Crippen LogP contribution >= 0.6 is 0 Å². The van der Waals surface area contributed by atoms with Gasteiger partial charge in [-0.15, -0.1) is 0 Å². The van der Waals surface area contributed by atoms with E-state index in [1.54, 1.807) is 19.2 Å². The van der Waals surface area contributed by atoms with Crippen molar-refractivity contribution >= 4 is 12.0 Å². The number of carboxylic acids is 1. The maximum atomic E-state index is 12.8. The second kappa shape index (κ2) is 8.13. The molecule has 7 nitrogen and oxygen atoms in total. The summed E-state index contributed by atoms with van der Waals surface area (Å²) in [6.07, 6.45) is 0. The lowest BCUT2D eigenvalue weighted by Gasteiger charge is -2.36. The van der Waals surface area contributed by atoms with Gasteiger partial charge in [0.15, 0.2) is 0 Å². The Morgan fingerprint density at radius 1 is 1.00 bits per heavy atom. The first-order valence-electron chi connectivity index (χ1n) is 9.76. The first-order valence-corrected chi connectivity index (χ1v) is 9.76. The van der Waals surface area contributed by atoms with Crippen molar-refractivity contribution in [2.24, 2.45) is 0 Å². The molecule has 2 amide bonds. The van der Waals surface area contributed by atoms with Gasteiger partial charge in [-0.2, -0.15) is 0 Å². The van der Waals surface area contributed by atoms with Crippen LogP contribution < -0.4 is 4.74 Å². The predicted octanol–water partition coefficient (Wildman–Crippen LogP) is 2.52. The highest BCUT2D eigenvalue weighted by Gasteiger charge is 2.40. The molecule has 4 rings (SSSR count). The molecule has 0 aromatic heterocycles. The van der Waals surface area contributed by atoms with Gasteiger partial charge < -0.3 is 19.6 Å². The highest BCUT2D eigenvalue weighted by atomic mass is 16.5. The number of rotatable bonds is 6. The highest BCUT2D eigenvalue weighted by molar-refractivity contribution is 5.87. The van der Waals surface area contributed by atoms with E-state index in [1.807, 2.05) is 46.2 Å². The number of piperazine rings is 1. The van der Waals surface area contributed by atoms with Crippen LogP contribution in [0.3, 0.4) is 0 Å². The number of hydrogen-bond donors (Lipinski definition) is 1. The highest BCUT2D eigenvalue weighted by Crippen LogP contribution is 2.24. The summed E-state index contributed by atoms with van der Waals surface area (Å²) < 4.78 is 5.19. The summed E-state index contributed by atoms with van der Waals surface area (Å²) in [6.45, 7) is 4.45. The Bertz CT molecular complexity index is 882. The third kappa shape index (κ3) is 4.19. The van der Waals surface area contributed by atoms with E-state index in [0.717, 1.165) is 49.6 Å². The van der Waals surface area contributed by atoms with Gasteiger partial charge in [-0.05, 0) is 35.4 Å². The molecular weight excluding hydrogens is 370 g/mol. The van der Waals surface area contributed by atoms with Crippen molar-refractivity contribution in [2.75, 3.05) is 33.3 Å². The third-order valence-electron chi connectivity index (χ3n) is 5.65.